The molecule has 6 nitrogen and oxygen atoms in total. The molecule has 0 bridgehead atoms. The van der Waals surface area contributed by atoms with E-state index in [2.05, 4.69) is 15.9 Å². The molecule has 27 heavy (non-hydrogen) atoms. The number of hydrogen-bond donors (Lipinski definition) is 0. The Labute approximate surface area is 163 Å². The summed E-state index contributed by atoms with van der Waals surface area (Å²) in [6.07, 6.45) is 1.51. The molecule has 8 heteroatoms. The van der Waals surface area contributed by atoms with E-state index in [1.165, 1.54) is 24.3 Å². The minimum atomic E-state index is -3.37. The van der Waals surface area contributed by atoms with Gasteiger partial charge >= 0.3 is 0 Å². The Balaban J connectivity index is 2.12. The highest BCUT2D eigenvalue weighted by Gasteiger charge is 2.18. The minimum absolute atomic E-state index is 0.0348. The second-order valence-electron chi connectivity index (χ2n) is 5.64. The van der Waals surface area contributed by atoms with Crippen molar-refractivity contribution in [3.63, 3.8) is 0 Å². The fraction of sp³-hybridized carbons (Fsp3) is 0.0526. The first-order chi connectivity index (χ1) is 12.8. The van der Waals surface area contributed by atoms with E-state index >= 15 is 0 Å². The van der Waals surface area contributed by atoms with E-state index in [1.54, 1.807) is 24.3 Å². The summed E-state index contributed by atoms with van der Waals surface area (Å²) in [6, 6.07) is 13.6. The first-order valence-electron chi connectivity index (χ1n) is 7.65. The van der Waals surface area contributed by atoms with Crippen molar-refractivity contribution < 1.29 is 22.4 Å². The number of aldehydes is 1. The normalized spacial score (nSPS) is 11.2. The van der Waals surface area contributed by atoms with Crippen LogP contribution in [-0.4, -0.2) is 21.0 Å². The second-order valence-corrected chi connectivity index (χ2v) is 8.57. The number of ether oxygens (including phenoxy) is 1. The Bertz CT molecular complexity index is 1150. The molecule has 0 N–H and O–H groups in total. The van der Waals surface area contributed by atoms with E-state index in [0.29, 0.717) is 17.6 Å². The van der Waals surface area contributed by atoms with Gasteiger partial charge in [-0.1, -0.05) is 15.9 Å². The summed E-state index contributed by atoms with van der Waals surface area (Å²) >= 11 is 3.31. The van der Waals surface area contributed by atoms with Crippen LogP contribution in [0.3, 0.4) is 0 Å². The molecular weight excluding hydrogens is 436 g/mol. The van der Waals surface area contributed by atoms with Gasteiger partial charge in [-0.05, 0) is 48.5 Å². The van der Waals surface area contributed by atoms with Crippen molar-refractivity contribution in [2.24, 2.45) is 0 Å². The summed E-state index contributed by atoms with van der Waals surface area (Å²) in [5.41, 5.74) is -0.135. The topological polar surface area (TPSA) is 90.6 Å². The Kier molecular flexibility index (Phi) is 5.29. The largest absolute Gasteiger partial charge is 0.449 e. The Hall–Kier alpha value is -2.71. The Morgan fingerprint density at radius 1 is 1.04 bits per heavy atom. The summed E-state index contributed by atoms with van der Waals surface area (Å²) < 4.78 is 35.3. The molecule has 0 saturated heterocycles. The Morgan fingerprint density at radius 3 is 2.22 bits per heavy atom. The first kappa shape index (κ1) is 19.1. The van der Waals surface area contributed by atoms with Crippen LogP contribution < -0.4 is 10.2 Å². The molecule has 0 radical (unpaired) electrons. The number of benzene rings is 2. The fourth-order valence-electron chi connectivity index (χ4n) is 2.32. The zero-order chi connectivity index (χ0) is 19.6. The van der Waals surface area contributed by atoms with E-state index in [-0.39, 0.29) is 22.2 Å². The summed E-state index contributed by atoms with van der Waals surface area (Å²) in [7, 11) is -3.37. The van der Waals surface area contributed by atoms with Crippen LogP contribution in [0.25, 0.3) is 11.3 Å². The third kappa shape index (κ3) is 4.35. The number of carbonyl (C=O) groups is 1. The van der Waals surface area contributed by atoms with Crippen LogP contribution in [0.15, 0.2) is 73.2 Å². The summed E-state index contributed by atoms with van der Waals surface area (Å²) in [6.45, 7) is 0. The molecule has 1 aromatic heterocycles. The van der Waals surface area contributed by atoms with Gasteiger partial charge in [0.2, 0.25) is 11.2 Å². The highest BCUT2D eigenvalue weighted by atomic mass is 79.9. The standard InChI is InChI=1S/C19H13BrO6S/c1-27(23,24)16-8-2-12(3-9-16)18-19(17(22)10-15(11-21)26-18)25-14-6-4-13(20)5-7-14/h2-11H,1H3. The van der Waals surface area contributed by atoms with Crippen LogP contribution in [0.2, 0.25) is 0 Å². The molecule has 3 rings (SSSR count). The van der Waals surface area contributed by atoms with Gasteiger partial charge in [0.25, 0.3) is 0 Å². The lowest BCUT2D eigenvalue weighted by molar-refractivity contribution is 0.109. The van der Waals surface area contributed by atoms with Crippen molar-refractivity contribution in [1.29, 1.82) is 0 Å². The van der Waals surface area contributed by atoms with E-state index in [9.17, 15) is 18.0 Å². The molecule has 0 unspecified atom stereocenters. The molecule has 0 saturated carbocycles. The average molecular weight is 449 g/mol. The molecule has 0 amide bonds. The first-order valence-corrected chi connectivity index (χ1v) is 10.3. The molecule has 0 aliphatic heterocycles. The molecule has 3 aromatic rings. The Morgan fingerprint density at radius 2 is 1.67 bits per heavy atom. The van der Waals surface area contributed by atoms with E-state index < -0.39 is 15.3 Å². The molecule has 138 valence electrons. The van der Waals surface area contributed by atoms with Gasteiger partial charge in [0.1, 0.15) is 5.75 Å². The number of hydrogen-bond acceptors (Lipinski definition) is 6. The number of sulfone groups is 1. The molecule has 0 aliphatic rings. The van der Waals surface area contributed by atoms with E-state index in [1.807, 2.05) is 0 Å². The molecule has 1 heterocycles. The highest BCUT2D eigenvalue weighted by Crippen LogP contribution is 2.32. The second kappa shape index (κ2) is 7.50. The predicted molar refractivity (Wildman–Crippen MR) is 103 cm³/mol. The van der Waals surface area contributed by atoms with Crippen LogP contribution >= 0.6 is 15.9 Å². The lowest BCUT2D eigenvalue weighted by atomic mass is 10.1. The third-order valence-electron chi connectivity index (χ3n) is 3.62. The fourth-order valence-corrected chi connectivity index (χ4v) is 3.21. The van der Waals surface area contributed by atoms with Gasteiger partial charge in [-0.25, -0.2) is 8.42 Å². The van der Waals surface area contributed by atoms with Crippen molar-refractivity contribution in [2.45, 2.75) is 4.90 Å². The van der Waals surface area contributed by atoms with Crippen LogP contribution in [0.1, 0.15) is 10.6 Å². The monoisotopic (exact) mass is 448 g/mol. The maximum atomic E-state index is 12.4. The third-order valence-corrected chi connectivity index (χ3v) is 5.27. The van der Waals surface area contributed by atoms with Crippen molar-refractivity contribution in [3.05, 3.63) is 75.1 Å². The number of halogens is 1. The maximum absolute atomic E-state index is 12.4. The lowest BCUT2D eigenvalue weighted by Gasteiger charge is -2.11. The van der Waals surface area contributed by atoms with Gasteiger partial charge in [0, 0.05) is 22.4 Å². The van der Waals surface area contributed by atoms with E-state index in [0.717, 1.165) is 16.8 Å². The number of rotatable bonds is 5. The van der Waals surface area contributed by atoms with E-state index in [4.69, 9.17) is 9.15 Å². The van der Waals surface area contributed by atoms with Crippen molar-refractivity contribution in [1.82, 2.24) is 0 Å². The number of carbonyl (C=O) groups excluding carboxylic acids is 1. The molecular formula is C19H13BrO6S. The van der Waals surface area contributed by atoms with Gasteiger partial charge in [-0.15, -0.1) is 0 Å². The lowest BCUT2D eigenvalue weighted by Crippen LogP contribution is -2.07. The smallest absolute Gasteiger partial charge is 0.228 e. The van der Waals surface area contributed by atoms with Crippen molar-refractivity contribution in [3.8, 4) is 22.8 Å². The predicted octanol–water partition coefficient (Wildman–Crippen LogP) is 4.08. The van der Waals surface area contributed by atoms with Gasteiger partial charge < -0.3 is 9.15 Å². The summed E-state index contributed by atoms with van der Waals surface area (Å²) in [5.74, 6) is 0.173. The maximum Gasteiger partial charge on any atom is 0.228 e. The quantitative estimate of drug-likeness (QED) is 0.546. The molecule has 0 spiro atoms. The zero-order valence-corrected chi connectivity index (χ0v) is 16.4. The van der Waals surface area contributed by atoms with Crippen LogP contribution in [0, 0.1) is 0 Å². The molecule has 0 aliphatic carbocycles. The van der Waals surface area contributed by atoms with Gasteiger partial charge in [-0.3, -0.25) is 9.59 Å². The minimum Gasteiger partial charge on any atom is -0.449 e. The zero-order valence-electron chi connectivity index (χ0n) is 14.0. The van der Waals surface area contributed by atoms with Crippen LogP contribution in [0.5, 0.6) is 11.5 Å². The van der Waals surface area contributed by atoms with Gasteiger partial charge in [0.05, 0.1) is 4.90 Å². The average Bonchev–Trinajstić information content (AvgIpc) is 2.64. The van der Waals surface area contributed by atoms with Gasteiger partial charge in [0.15, 0.2) is 27.6 Å². The van der Waals surface area contributed by atoms with Crippen molar-refractivity contribution in [2.75, 3.05) is 6.26 Å². The SMILES string of the molecule is CS(=O)(=O)c1ccc(-c2oc(C=O)cc(=O)c2Oc2ccc(Br)cc2)cc1. The summed E-state index contributed by atoms with van der Waals surface area (Å²) in [4.78, 5) is 23.6. The van der Waals surface area contributed by atoms with Crippen LogP contribution in [-0.2, 0) is 9.84 Å². The summed E-state index contributed by atoms with van der Waals surface area (Å²) in [5, 5.41) is 0. The molecule has 2 aromatic carbocycles. The van der Waals surface area contributed by atoms with Gasteiger partial charge in [-0.2, -0.15) is 0 Å². The van der Waals surface area contributed by atoms with Crippen molar-refractivity contribution >= 4 is 32.1 Å². The highest BCUT2D eigenvalue weighted by molar-refractivity contribution is 9.10. The molecule has 0 fully saturated rings. The van der Waals surface area contributed by atoms with Crippen LogP contribution in [0.4, 0.5) is 0 Å². The molecule has 0 atom stereocenters.